The zero-order valence-electron chi connectivity index (χ0n) is 11.2. The van der Waals surface area contributed by atoms with E-state index in [1.165, 1.54) is 12.8 Å². The molecule has 4 nitrogen and oxygen atoms in total. The number of carbonyl (C=O) groups excluding carboxylic acids is 2. The highest BCUT2D eigenvalue weighted by Gasteiger charge is 2.27. The molecule has 1 fully saturated rings. The zero-order chi connectivity index (χ0) is 13.1. The lowest BCUT2D eigenvalue weighted by atomic mass is 10.0. The van der Waals surface area contributed by atoms with Gasteiger partial charge in [-0.25, -0.2) is 4.79 Å². The molecule has 1 rings (SSSR count). The number of hydrogen-bond acceptors (Lipinski definition) is 3. The Balaban J connectivity index is 2.19. The maximum Gasteiger partial charge on any atom is 0.407 e. The molecule has 1 aliphatic rings. The third-order valence-corrected chi connectivity index (χ3v) is 2.69. The van der Waals surface area contributed by atoms with E-state index >= 15 is 0 Å². The second-order valence-electron chi connectivity index (χ2n) is 5.90. The highest BCUT2D eigenvalue weighted by Crippen LogP contribution is 2.33. The van der Waals surface area contributed by atoms with Crippen molar-refractivity contribution in [1.29, 1.82) is 0 Å². The predicted octanol–water partition coefficient (Wildman–Crippen LogP) is 2.52. The maximum atomic E-state index is 11.7. The van der Waals surface area contributed by atoms with Crippen LogP contribution in [-0.4, -0.2) is 24.0 Å². The predicted molar refractivity (Wildman–Crippen MR) is 65.7 cm³/mol. The third-order valence-electron chi connectivity index (χ3n) is 2.69. The molecule has 1 aliphatic carbocycles. The normalized spacial score (nSPS) is 17.4. The van der Waals surface area contributed by atoms with Crippen molar-refractivity contribution in [1.82, 2.24) is 5.32 Å². The number of Topliss-reactive ketones (excluding diaryl/α,β-unsaturated/α-hetero) is 1. The van der Waals surface area contributed by atoms with Crippen molar-refractivity contribution < 1.29 is 14.3 Å². The molecule has 0 bridgehead atoms. The minimum Gasteiger partial charge on any atom is -0.444 e. The summed E-state index contributed by atoms with van der Waals surface area (Å²) in [5.41, 5.74) is -0.495. The monoisotopic (exact) mass is 241 g/mol. The number of hydrogen-bond donors (Lipinski definition) is 1. The zero-order valence-corrected chi connectivity index (χ0v) is 11.2. The molecule has 1 atom stereocenters. The summed E-state index contributed by atoms with van der Waals surface area (Å²) in [5, 5.41) is 2.63. The summed E-state index contributed by atoms with van der Waals surface area (Å²) in [6.07, 6.45) is 2.57. The number of carbonyl (C=O) groups is 2. The molecule has 0 aromatic rings. The van der Waals surface area contributed by atoms with Crippen LogP contribution in [0.4, 0.5) is 4.79 Å². The Bertz CT molecular complexity index is 290. The molecule has 0 heterocycles. The lowest BCUT2D eigenvalue weighted by molar-refractivity contribution is -0.122. The molecule has 4 heteroatoms. The number of amides is 1. The van der Waals surface area contributed by atoms with Gasteiger partial charge < -0.3 is 10.1 Å². The Labute approximate surface area is 103 Å². The van der Waals surface area contributed by atoms with Crippen molar-refractivity contribution in [3.63, 3.8) is 0 Å². The van der Waals surface area contributed by atoms with Crippen LogP contribution in [0.25, 0.3) is 0 Å². The molecule has 0 radical (unpaired) electrons. The summed E-state index contributed by atoms with van der Waals surface area (Å²) in [7, 11) is 0. The van der Waals surface area contributed by atoms with Crippen molar-refractivity contribution in [2.45, 2.75) is 52.6 Å². The van der Waals surface area contributed by atoms with Crippen LogP contribution in [0.15, 0.2) is 0 Å². The summed E-state index contributed by atoms with van der Waals surface area (Å²) in [6, 6.07) is 0. The van der Waals surface area contributed by atoms with Gasteiger partial charge in [0.2, 0.25) is 0 Å². The molecule has 1 amide bonds. The SMILES string of the molecule is CC(CNC(=O)OC(C)(C)C)C(=O)CC1CC1. The molecular formula is C13H23NO3. The molecular weight excluding hydrogens is 218 g/mol. The summed E-state index contributed by atoms with van der Waals surface area (Å²) >= 11 is 0. The Morgan fingerprint density at radius 1 is 1.35 bits per heavy atom. The van der Waals surface area contributed by atoms with E-state index in [2.05, 4.69) is 5.32 Å². The van der Waals surface area contributed by atoms with E-state index in [0.717, 1.165) is 0 Å². The van der Waals surface area contributed by atoms with Crippen molar-refractivity contribution in [2.75, 3.05) is 6.54 Å². The van der Waals surface area contributed by atoms with Crippen molar-refractivity contribution in [2.24, 2.45) is 11.8 Å². The second-order valence-corrected chi connectivity index (χ2v) is 5.90. The largest absolute Gasteiger partial charge is 0.444 e. The van der Waals surface area contributed by atoms with Gasteiger partial charge >= 0.3 is 6.09 Å². The number of alkyl carbamates (subject to hydrolysis) is 1. The van der Waals surface area contributed by atoms with Crippen molar-refractivity contribution >= 4 is 11.9 Å². The van der Waals surface area contributed by atoms with Crippen LogP contribution in [0, 0.1) is 11.8 Å². The molecule has 1 saturated carbocycles. The number of rotatable bonds is 5. The van der Waals surface area contributed by atoms with Crippen molar-refractivity contribution in [3.8, 4) is 0 Å². The first-order chi connectivity index (χ1) is 7.78. The molecule has 1 unspecified atom stereocenters. The van der Waals surface area contributed by atoms with Gasteiger partial charge in [-0.15, -0.1) is 0 Å². The fraction of sp³-hybridized carbons (Fsp3) is 0.846. The topological polar surface area (TPSA) is 55.4 Å². The van der Waals surface area contributed by atoms with Crippen LogP contribution in [0.3, 0.4) is 0 Å². The van der Waals surface area contributed by atoms with E-state index in [-0.39, 0.29) is 11.7 Å². The Morgan fingerprint density at radius 3 is 2.41 bits per heavy atom. The van der Waals surface area contributed by atoms with Gasteiger partial charge in [0, 0.05) is 18.9 Å². The van der Waals surface area contributed by atoms with E-state index < -0.39 is 11.7 Å². The van der Waals surface area contributed by atoms with Crippen molar-refractivity contribution in [3.05, 3.63) is 0 Å². The minimum atomic E-state index is -0.495. The Morgan fingerprint density at radius 2 is 1.94 bits per heavy atom. The lowest BCUT2D eigenvalue weighted by Gasteiger charge is -2.20. The Hall–Kier alpha value is -1.06. The third kappa shape index (κ3) is 6.29. The quantitative estimate of drug-likeness (QED) is 0.804. The first-order valence-electron chi connectivity index (χ1n) is 6.27. The maximum absolute atomic E-state index is 11.7. The lowest BCUT2D eigenvalue weighted by Crippen LogP contribution is -2.36. The van der Waals surface area contributed by atoms with Crippen LogP contribution in [-0.2, 0) is 9.53 Å². The standard InChI is InChI=1S/C13H23NO3/c1-9(11(15)7-10-5-6-10)8-14-12(16)17-13(2,3)4/h9-10H,5-8H2,1-4H3,(H,14,16). The second kappa shape index (κ2) is 5.52. The van der Waals surface area contributed by atoms with Crippen LogP contribution in [0.1, 0.15) is 47.0 Å². The van der Waals surface area contributed by atoms with Gasteiger partial charge in [0.1, 0.15) is 11.4 Å². The molecule has 17 heavy (non-hydrogen) atoms. The summed E-state index contributed by atoms with van der Waals surface area (Å²) in [5.74, 6) is 0.721. The first-order valence-corrected chi connectivity index (χ1v) is 6.27. The van der Waals surface area contributed by atoms with E-state index in [1.54, 1.807) is 0 Å². The highest BCUT2D eigenvalue weighted by atomic mass is 16.6. The van der Waals surface area contributed by atoms with Gasteiger partial charge in [-0.3, -0.25) is 4.79 Å². The number of ketones is 1. The fourth-order valence-corrected chi connectivity index (χ4v) is 1.47. The van der Waals surface area contributed by atoms with Gasteiger partial charge in [0.05, 0.1) is 0 Å². The van der Waals surface area contributed by atoms with Crippen LogP contribution < -0.4 is 5.32 Å². The molecule has 98 valence electrons. The molecule has 1 N–H and O–H groups in total. The average Bonchev–Trinajstić information content (AvgIpc) is 2.95. The van der Waals surface area contributed by atoms with Gasteiger partial charge in [-0.05, 0) is 39.5 Å². The molecule has 0 aliphatic heterocycles. The number of nitrogens with one attached hydrogen (secondary N) is 1. The molecule has 0 aromatic carbocycles. The van der Waals surface area contributed by atoms with E-state index in [1.807, 2.05) is 27.7 Å². The van der Waals surface area contributed by atoms with Gasteiger partial charge in [0.25, 0.3) is 0 Å². The minimum absolute atomic E-state index is 0.122. The fourth-order valence-electron chi connectivity index (χ4n) is 1.47. The van der Waals surface area contributed by atoms with Gasteiger partial charge in [0.15, 0.2) is 0 Å². The molecule has 0 saturated heterocycles. The summed E-state index contributed by atoms with van der Waals surface area (Å²) in [4.78, 5) is 23.1. The Kier molecular flexibility index (Phi) is 4.54. The molecule has 0 spiro atoms. The van der Waals surface area contributed by atoms with Gasteiger partial charge in [-0.1, -0.05) is 6.92 Å². The smallest absolute Gasteiger partial charge is 0.407 e. The van der Waals surface area contributed by atoms with Crippen LogP contribution >= 0.6 is 0 Å². The van der Waals surface area contributed by atoms with Gasteiger partial charge in [-0.2, -0.15) is 0 Å². The van der Waals surface area contributed by atoms with E-state index in [4.69, 9.17) is 4.74 Å². The average molecular weight is 241 g/mol. The van der Waals surface area contributed by atoms with E-state index in [0.29, 0.717) is 18.9 Å². The first kappa shape index (κ1) is 14.0. The van der Waals surface area contributed by atoms with E-state index in [9.17, 15) is 9.59 Å². The summed E-state index contributed by atoms with van der Waals surface area (Å²) < 4.78 is 5.10. The van der Waals surface area contributed by atoms with Crippen LogP contribution in [0.5, 0.6) is 0 Å². The summed E-state index contributed by atoms with van der Waals surface area (Å²) in [6.45, 7) is 7.65. The highest BCUT2D eigenvalue weighted by molar-refractivity contribution is 5.82. The van der Waals surface area contributed by atoms with Crippen LogP contribution in [0.2, 0.25) is 0 Å². The number of ether oxygens (including phenoxy) is 1. The molecule has 0 aromatic heterocycles.